The summed E-state index contributed by atoms with van der Waals surface area (Å²) in [4.78, 5) is 2.54. The highest BCUT2D eigenvalue weighted by Crippen LogP contribution is 2.26. The Hall–Kier alpha value is -0.900. The molecule has 2 unspecified atom stereocenters. The van der Waals surface area contributed by atoms with Gasteiger partial charge in [0.25, 0.3) is 0 Å². The van der Waals surface area contributed by atoms with Gasteiger partial charge in [-0.25, -0.2) is 0 Å². The first kappa shape index (κ1) is 14.5. The molecule has 1 aliphatic rings. The summed E-state index contributed by atoms with van der Waals surface area (Å²) in [6, 6.07) is 9.05. The highest BCUT2D eigenvalue weighted by molar-refractivity contribution is 5.25. The van der Waals surface area contributed by atoms with Gasteiger partial charge in [-0.05, 0) is 36.4 Å². The molecule has 1 heterocycles. The Morgan fingerprint density at radius 1 is 1.37 bits per heavy atom. The average Bonchev–Trinajstić information content (AvgIpc) is 2.42. The number of nitrogens with two attached hydrogens (primary N) is 1. The number of nitrogens with zero attached hydrogens (tertiary/aromatic N) is 1. The molecule has 19 heavy (non-hydrogen) atoms. The van der Waals surface area contributed by atoms with Crippen LogP contribution < -0.4 is 5.73 Å². The molecule has 2 rings (SSSR count). The third kappa shape index (κ3) is 3.78. The fourth-order valence-corrected chi connectivity index (χ4v) is 3.01. The molecule has 0 radical (unpaired) electrons. The molecule has 3 heteroatoms. The Labute approximate surface area is 116 Å². The average molecular weight is 262 g/mol. The predicted molar refractivity (Wildman–Crippen MR) is 78.9 cm³/mol. The van der Waals surface area contributed by atoms with Crippen molar-refractivity contribution < 1.29 is 4.74 Å². The number of methoxy groups -OCH3 is 1. The van der Waals surface area contributed by atoms with Crippen LogP contribution in [0, 0.1) is 5.92 Å². The van der Waals surface area contributed by atoms with Crippen molar-refractivity contribution in [3.63, 3.8) is 0 Å². The molecular formula is C16H26N2O. The van der Waals surface area contributed by atoms with Crippen molar-refractivity contribution in [3.05, 3.63) is 35.4 Å². The Bertz CT molecular complexity index is 377. The zero-order valence-electron chi connectivity index (χ0n) is 12.1. The summed E-state index contributed by atoms with van der Waals surface area (Å²) in [5, 5.41) is 0. The van der Waals surface area contributed by atoms with Gasteiger partial charge in [0.1, 0.15) is 0 Å². The lowest BCUT2D eigenvalue weighted by atomic mass is 9.96. The maximum atomic E-state index is 6.01. The molecule has 0 bridgehead atoms. The van der Waals surface area contributed by atoms with E-state index in [1.165, 1.54) is 37.1 Å². The number of likely N-dealkylation sites (tertiary alicyclic amines) is 1. The smallest absolute Gasteiger partial charge is 0.0713 e. The molecule has 0 amide bonds. The van der Waals surface area contributed by atoms with Crippen LogP contribution in [0.5, 0.6) is 0 Å². The van der Waals surface area contributed by atoms with E-state index in [0.29, 0.717) is 19.2 Å². The van der Waals surface area contributed by atoms with Gasteiger partial charge in [-0.2, -0.15) is 0 Å². The maximum Gasteiger partial charge on any atom is 0.0713 e. The van der Waals surface area contributed by atoms with Crippen molar-refractivity contribution in [2.75, 3.05) is 26.7 Å². The van der Waals surface area contributed by atoms with Gasteiger partial charge in [0, 0.05) is 26.2 Å². The standard InChI is InChI=1S/C16H26N2O/c1-13-4-3-9-18(11-13)16(10-17)15-7-5-14(6-8-15)12-19-2/h5-8,13,16H,3-4,9-12,17H2,1-2H3. The van der Waals surface area contributed by atoms with Crippen molar-refractivity contribution >= 4 is 0 Å². The molecular weight excluding hydrogens is 236 g/mol. The Morgan fingerprint density at radius 2 is 2.11 bits per heavy atom. The second-order valence-electron chi connectivity index (χ2n) is 5.67. The molecule has 1 aromatic rings. The van der Waals surface area contributed by atoms with E-state index in [4.69, 9.17) is 10.5 Å². The molecule has 0 spiro atoms. The number of rotatable bonds is 5. The van der Waals surface area contributed by atoms with Gasteiger partial charge in [-0.15, -0.1) is 0 Å². The number of hydrogen-bond donors (Lipinski definition) is 1. The lowest BCUT2D eigenvalue weighted by Gasteiger charge is -2.37. The van der Waals surface area contributed by atoms with Crippen molar-refractivity contribution in [1.29, 1.82) is 0 Å². The minimum atomic E-state index is 0.361. The summed E-state index contributed by atoms with van der Waals surface area (Å²) >= 11 is 0. The van der Waals surface area contributed by atoms with E-state index in [9.17, 15) is 0 Å². The number of ether oxygens (including phenoxy) is 1. The molecule has 0 aromatic heterocycles. The first-order valence-electron chi connectivity index (χ1n) is 7.26. The number of piperidine rings is 1. The third-order valence-corrected chi connectivity index (χ3v) is 4.03. The van der Waals surface area contributed by atoms with Crippen LogP contribution in [0.2, 0.25) is 0 Å². The summed E-state index contributed by atoms with van der Waals surface area (Å²) in [6.45, 7) is 6.04. The number of benzene rings is 1. The predicted octanol–water partition coefficient (Wildman–Crippen LogP) is 2.56. The second-order valence-corrected chi connectivity index (χ2v) is 5.67. The maximum absolute atomic E-state index is 6.01. The minimum absolute atomic E-state index is 0.361. The summed E-state index contributed by atoms with van der Waals surface area (Å²) in [5.41, 5.74) is 8.56. The molecule has 1 fully saturated rings. The van der Waals surface area contributed by atoms with Gasteiger partial charge in [-0.3, -0.25) is 4.90 Å². The zero-order valence-corrected chi connectivity index (χ0v) is 12.1. The fourth-order valence-electron chi connectivity index (χ4n) is 3.01. The van der Waals surface area contributed by atoms with Crippen molar-refractivity contribution in [2.24, 2.45) is 11.7 Å². The minimum Gasteiger partial charge on any atom is -0.380 e. The van der Waals surface area contributed by atoms with E-state index >= 15 is 0 Å². The first-order chi connectivity index (χ1) is 9.24. The van der Waals surface area contributed by atoms with Crippen LogP contribution in [0.15, 0.2) is 24.3 Å². The van der Waals surface area contributed by atoms with Crippen molar-refractivity contribution in [2.45, 2.75) is 32.4 Å². The number of hydrogen-bond acceptors (Lipinski definition) is 3. The quantitative estimate of drug-likeness (QED) is 0.886. The van der Waals surface area contributed by atoms with Gasteiger partial charge in [0.05, 0.1) is 6.61 Å². The monoisotopic (exact) mass is 262 g/mol. The van der Waals surface area contributed by atoms with Gasteiger partial charge >= 0.3 is 0 Å². The lowest BCUT2D eigenvalue weighted by molar-refractivity contribution is 0.133. The SMILES string of the molecule is COCc1ccc(C(CN)N2CCCC(C)C2)cc1. The van der Waals surface area contributed by atoms with Gasteiger partial charge < -0.3 is 10.5 Å². The topological polar surface area (TPSA) is 38.5 Å². The van der Waals surface area contributed by atoms with E-state index in [1.807, 2.05) is 0 Å². The summed E-state index contributed by atoms with van der Waals surface area (Å²) in [7, 11) is 1.73. The molecule has 1 aromatic carbocycles. The van der Waals surface area contributed by atoms with Crippen LogP contribution in [-0.2, 0) is 11.3 Å². The summed E-state index contributed by atoms with van der Waals surface area (Å²) < 4.78 is 5.15. The van der Waals surface area contributed by atoms with Crippen LogP contribution in [0.3, 0.4) is 0 Å². The van der Waals surface area contributed by atoms with Gasteiger partial charge in [0.2, 0.25) is 0 Å². The molecule has 0 saturated carbocycles. The highest BCUT2D eigenvalue weighted by atomic mass is 16.5. The highest BCUT2D eigenvalue weighted by Gasteiger charge is 2.23. The molecule has 1 saturated heterocycles. The Balaban J connectivity index is 2.07. The largest absolute Gasteiger partial charge is 0.380 e. The lowest BCUT2D eigenvalue weighted by Crippen LogP contribution is -2.40. The molecule has 2 atom stereocenters. The van der Waals surface area contributed by atoms with Crippen LogP contribution in [0.1, 0.15) is 36.9 Å². The first-order valence-corrected chi connectivity index (χ1v) is 7.26. The van der Waals surface area contributed by atoms with Crippen molar-refractivity contribution in [3.8, 4) is 0 Å². The molecule has 106 valence electrons. The van der Waals surface area contributed by atoms with Gasteiger partial charge in [0.15, 0.2) is 0 Å². The van der Waals surface area contributed by atoms with E-state index in [1.54, 1.807) is 7.11 Å². The zero-order chi connectivity index (χ0) is 13.7. The van der Waals surface area contributed by atoms with Crippen LogP contribution in [0.4, 0.5) is 0 Å². The second kappa shape index (κ2) is 7.04. The molecule has 3 nitrogen and oxygen atoms in total. The van der Waals surface area contributed by atoms with Gasteiger partial charge in [-0.1, -0.05) is 31.2 Å². The normalized spacial score (nSPS) is 22.4. The summed E-state index contributed by atoms with van der Waals surface area (Å²) in [6.07, 6.45) is 2.64. The van der Waals surface area contributed by atoms with E-state index < -0.39 is 0 Å². The Morgan fingerprint density at radius 3 is 2.68 bits per heavy atom. The third-order valence-electron chi connectivity index (χ3n) is 4.03. The fraction of sp³-hybridized carbons (Fsp3) is 0.625. The Kier molecular flexibility index (Phi) is 5.37. The molecule has 0 aliphatic carbocycles. The van der Waals surface area contributed by atoms with Crippen molar-refractivity contribution in [1.82, 2.24) is 4.90 Å². The summed E-state index contributed by atoms with van der Waals surface area (Å²) in [5.74, 6) is 0.788. The van der Waals surface area contributed by atoms with Crippen LogP contribution in [0.25, 0.3) is 0 Å². The van der Waals surface area contributed by atoms with E-state index in [0.717, 1.165) is 5.92 Å². The van der Waals surface area contributed by atoms with E-state index in [-0.39, 0.29) is 0 Å². The molecule has 2 N–H and O–H groups in total. The van der Waals surface area contributed by atoms with Crippen LogP contribution in [-0.4, -0.2) is 31.6 Å². The van der Waals surface area contributed by atoms with E-state index in [2.05, 4.69) is 36.1 Å². The molecule has 1 aliphatic heterocycles. The van der Waals surface area contributed by atoms with Crippen LogP contribution >= 0.6 is 0 Å².